The first-order valence-corrected chi connectivity index (χ1v) is 5.97. The monoisotopic (exact) mass is 267 g/mol. The van der Waals surface area contributed by atoms with Crippen molar-refractivity contribution >= 4 is 12.1 Å². The lowest BCUT2D eigenvalue weighted by molar-refractivity contribution is 0.0401. The van der Waals surface area contributed by atoms with Crippen LogP contribution < -0.4 is 10.5 Å². The quantitative estimate of drug-likeness (QED) is 0.647. The van der Waals surface area contributed by atoms with E-state index in [1.54, 1.807) is 13.0 Å². The summed E-state index contributed by atoms with van der Waals surface area (Å²) in [5.41, 5.74) is 6.53. The second-order valence-electron chi connectivity index (χ2n) is 3.53. The summed E-state index contributed by atoms with van der Waals surface area (Å²) in [4.78, 5) is 22.7. The van der Waals surface area contributed by atoms with Gasteiger partial charge >= 0.3 is 12.1 Å². The molecule has 1 rings (SSSR count). The summed E-state index contributed by atoms with van der Waals surface area (Å²) in [5.74, 6) is -0.286. The van der Waals surface area contributed by atoms with Gasteiger partial charge in [0.25, 0.3) is 0 Å². The maximum atomic E-state index is 11.7. The molecule has 0 unspecified atom stereocenters. The molecule has 0 spiro atoms. The molecule has 0 aliphatic carbocycles. The molecular formula is C13H17NO5. The van der Waals surface area contributed by atoms with Crippen LogP contribution in [0.4, 0.5) is 4.79 Å². The molecule has 0 aliphatic rings. The molecule has 0 radical (unpaired) electrons. The van der Waals surface area contributed by atoms with E-state index in [2.05, 4.69) is 9.47 Å². The minimum atomic E-state index is -1.02. The third-order valence-corrected chi connectivity index (χ3v) is 2.26. The fourth-order valence-electron chi connectivity index (χ4n) is 1.42. The average Bonchev–Trinajstić information content (AvgIpc) is 2.39. The maximum Gasteiger partial charge on any atom is 0.516 e. The van der Waals surface area contributed by atoms with E-state index in [1.165, 1.54) is 12.1 Å². The third kappa shape index (κ3) is 4.26. The highest BCUT2D eigenvalue weighted by Crippen LogP contribution is 2.20. The fourth-order valence-corrected chi connectivity index (χ4v) is 1.42. The zero-order valence-corrected chi connectivity index (χ0v) is 11.0. The smallest absolute Gasteiger partial charge is 0.494 e. The van der Waals surface area contributed by atoms with E-state index in [0.717, 1.165) is 5.56 Å². The molecule has 1 aromatic carbocycles. The zero-order valence-electron chi connectivity index (χ0n) is 11.0. The van der Waals surface area contributed by atoms with Crippen molar-refractivity contribution in [1.29, 1.82) is 0 Å². The van der Waals surface area contributed by atoms with Gasteiger partial charge < -0.3 is 19.9 Å². The van der Waals surface area contributed by atoms with Gasteiger partial charge in [0.1, 0.15) is 5.75 Å². The fraction of sp³-hybridized carbons (Fsp3) is 0.385. The number of esters is 1. The Morgan fingerprint density at radius 2 is 1.95 bits per heavy atom. The van der Waals surface area contributed by atoms with Crippen molar-refractivity contribution in [2.75, 3.05) is 13.2 Å². The lowest BCUT2D eigenvalue weighted by Crippen LogP contribution is -2.14. The second-order valence-corrected chi connectivity index (χ2v) is 3.53. The number of ether oxygens (including phenoxy) is 3. The van der Waals surface area contributed by atoms with Gasteiger partial charge in [-0.1, -0.05) is 6.07 Å². The van der Waals surface area contributed by atoms with E-state index in [0.29, 0.717) is 18.9 Å². The summed E-state index contributed by atoms with van der Waals surface area (Å²) < 4.78 is 14.4. The molecule has 104 valence electrons. The van der Waals surface area contributed by atoms with Crippen LogP contribution in [0.15, 0.2) is 18.2 Å². The van der Waals surface area contributed by atoms with E-state index in [4.69, 9.17) is 10.5 Å². The van der Waals surface area contributed by atoms with Gasteiger partial charge in [-0.2, -0.15) is 0 Å². The van der Waals surface area contributed by atoms with E-state index in [-0.39, 0.29) is 12.2 Å². The Morgan fingerprint density at radius 3 is 2.53 bits per heavy atom. The van der Waals surface area contributed by atoms with Crippen LogP contribution in [0.3, 0.4) is 0 Å². The van der Waals surface area contributed by atoms with Gasteiger partial charge in [0.2, 0.25) is 0 Å². The first-order chi connectivity index (χ1) is 9.12. The molecule has 0 saturated heterocycles. The highest BCUT2D eigenvalue weighted by molar-refractivity contribution is 5.95. The van der Waals surface area contributed by atoms with Crippen molar-refractivity contribution in [2.45, 2.75) is 20.4 Å². The number of nitrogens with two attached hydrogens (primary N) is 1. The van der Waals surface area contributed by atoms with Crippen LogP contribution in [0.2, 0.25) is 0 Å². The van der Waals surface area contributed by atoms with Gasteiger partial charge in [-0.25, -0.2) is 9.59 Å². The highest BCUT2D eigenvalue weighted by atomic mass is 16.7. The van der Waals surface area contributed by atoms with Crippen molar-refractivity contribution in [3.05, 3.63) is 29.3 Å². The summed E-state index contributed by atoms with van der Waals surface area (Å²) in [6.07, 6.45) is -1.02. The summed E-state index contributed by atoms with van der Waals surface area (Å²) in [6.45, 7) is 4.33. The average molecular weight is 267 g/mol. The molecule has 0 saturated carbocycles. The topological polar surface area (TPSA) is 87.9 Å². The van der Waals surface area contributed by atoms with Gasteiger partial charge in [-0.05, 0) is 26.0 Å². The van der Waals surface area contributed by atoms with Crippen LogP contribution in [0, 0.1) is 0 Å². The highest BCUT2D eigenvalue weighted by Gasteiger charge is 2.15. The van der Waals surface area contributed by atoms with Crippen molar-refractivity contribution in [3.63, 3.8) is 0 Å². The molecule has 1 aromatic rings. The molecule has 0 fully saturated rings. The van der Waals surface area contributed by atoms with E-state index >= 15 is 0 Å². The van der Waals surface area contributed by atoms with Crippen LogP contribution in [-0.2, 0) is 16.0 Å². The van der Waals surface area contributed by atoms with E-state index < -0.39 is 12.1 Å². The van der Waals surface area contributed by atoms with Crippen molar-refractivity contribution in [3.8, 4) is 5.75 Å². The molecule has 0 aliphatic heterocycles. The molecule has 0 bridgehead atoms. The summed E-state index contributed by atoms with van der Waals surface area (Å²) in [6, 6.07) is 4.67. The number of carbonyl (C=O) groups is 2. The SMILES string of the molecule is CCOC(=O)OC(=O)c1ccc(CN)c(OCC)c1. The molecule has 2 N–H and O–H groups in total. The number of benzene rings is 1. The Balaban J connectivity index is 2.85. The molecule has 0 aromatic heterocycles. The minimum absolute atomic E-state index is 0.141. The molecule has 0 amide bonds. The predicted molar refractivity (Wildman–Crippen MR) is 67.9 cm³/mol. The van der Waals surface area contributed by atoms with Crippen molar-refractivity contribution in [2.24, 2.45) is 5.73 Å². The van der Waals surface area contributed by atoms with Crippen LogP contribution in [0.5, 0.6) is 5.75 Å². The Labute approximate surface area is 111 Å². The van der Waals surface area contributed by atoms with Gasteiger partial charge in [0.05, 0.1) is 18.8 Å². The Kier molecular flexibility index (Phi) is 5.81. The summed E-state index contributed by atoms with van der Waals surface area (Å²) in [5, 5.41) is 0. The number of rotatable bonds is 5. The van der Waals surface area contributed by atoms with E-state index in [1.807, 2.05) is 6.92 Å². The van der Waals surface area contributed by atoms with E-state index in [9.17, 15) is 9.59 Å². The summed E-state index contributed by atoms with van der Waals surface area (Å²) >= 11 is 0. The van der Waals surface area contributed by atoms with Gasteiger partial charge in [0, 0.05) is 12.1 Å². The number of hydrogen-bond donors (Lipinski definition) is 1. The lowest BCUT2D eigenvalue weighted by atomic mass is 10.1. The minimum Gasteiger partial charge on any atom is -0.494 e. The Hall–Kier alpha value is -2.08. The maximum absolute atomic E-state index is 11.7. The van der Waals surface area contributed by atoms with Gasteiger partial charge in [-0.3, -0.25) is 0 Å². The third-order valence-electron chi connectivity index (χ3n) is 2.26. The predicted octanol–water partition coefficient (Wildman–Crippen LogP) is 1.86. The molecular weight excluding hydrogens is 250 g/mol. The Bertz CT molecular complexity index is 458. The first-order valence-electron chi connectivity index (χ1n) is 5.97. The first kappa shape index (κ1) is 15.0. The van der Waals surface area contributed by atoms with Crippen LogP contribution in [0.25, 0.3) is 0 Å². The second kappa shape index (κ2) is 7.38. The summed E-state index contributed by atoms with van der Waals surface area (Å²) in [7, 11) is 0. The normalized spacial score (nSPS) is 9.84. The molecule has 0 heterocycles. The van der Waals surface area contributed by atoms with Gasteiger partial charge in [0.15, 0.2) is 0 Å². The molecule has 19 heavy (non-hydrogen) atoms. The van der Waals surface area contributed by atoms with Crippen molar-refractivity contribution < 1.29 is 23.8 Å². The van der Waals surface area contributed by atoms with Gasteiger partial charge in [-0.15, -0.1) is 0 Å². The van der Waals surface area contributed by atoms with Crippen LogP contribution in [0.1, 0.15) is 29.8 Å². The Morgan fingerprint density at radius 1 is 1.21 bits per heavy atom. The lowest BCUT2D eigenvalue weighted by Gasteiger charge is -2.10. The van der Waals surface area contributed by atoms with Crippen molar-refractivity contribution in [1.82, 2.24) is 0 Å². The number of hydrogen-bond acceptors (Lipinski definition) is 6. The molecule has 0 atom stereocenters. The van der Waals surface area contributed by atoms with Crippen LogP contribution >= 0.6 is 0 Å². The van der Waals surface area contributed by atoms with Crippen LogP contribution in [-0.4, -0.2) is 25.3 Å². The zero-order chi connectivity index (χ0) is 14.3. The largest absolute Gasteiger partial charge is 0.516 e. The molecule has 6 nitrogen and oxygen atoms in total. The molecule has 6 heteroatoms. The standard InChI is InChI=1S/C13H17NO5/c1-3-17-11-7-9(5-6-10(11)8-14)12(15)19-13(16)18-4-2/h5-7H,3-4,8,14H2,1-2H3. The number of carbonyl (C=O) groups excluding carboxylic acids is 2.